The van der Waals surface area contributed by atoms with Crippen LogP contribution in [-0.4, -0.2) is 34.9 Å². The fourth-order valence-electron chi connectivity index (χ4n) is 3.16. The standard InChI is InChI=1S/C19H21N3O5S/c1-11(23)20-18-16(12-6-3-4-8-14(12)28-18)19(26)27-10-15(24)21-17(25)13-7-5-9-22(13)2/h5,7,9H,3-4,6,8,10H2,1-2H3,(H,20,23)(H,21,24,25). The van der Waals surface area contributed by atoms with Gasteiger partial charge < -0.3 is 14.6 Å². The smallest absolute Gasteiger partial charge is 0.341 e. The highest BCUT2D eigenvalue weighted by atomic mass is 32.1. The molecule has 0 aromatic carbocycles. The molecule has 0 atom stereocenters. The van der Waals surface area contributed by atoms with Crippen molar-refractivity contribution in [3.63, 3.8) is 0 Å². The zero-order valence-corrected chi connectivity index (χ0v) is 16.5. The molecule has 2 aromatic rings. The van der Waals surface area contributed by atoms with Gasteiger partial charge in [0.15, 0.2) is 6.61 Å². The molecule has 0 spiro atoms. The minimum Gasteiger partial charge on any atom is -0.452 e. The topological polar surface area (TPSA) is 106 Å². The van der Waals surface area contributed by atoms with E-state index in [9.17, 15) is 19.2 Å². The van der Waals surface area contributed by atoms with Crippen LogP contribution in [0.1, 0.15) is 51.1 Å². The molecule has 0 saturated heterocycles. The van der Waals surface area contributed by atoms with E-state index in [1.165, 1.54) is 18.3 Å². The quantitative estimate of drug-likeness (QED) is 0.743. The number of hydrogen-bond donors (Lipinski definition) is 2. The molecule has 9 heteroatoms. The van der Waals surface area contributed by atoms with Crippen molar-refractivity contribution in [2.24, 2.45) is 7.05 Å². The third-order valence-electron chi connectivity index (χ3n) is 4.43. The summed E-state index contributed by atoms with van der Waals surface area (Å²) < 4.78 is 6.71. The van der Waals surface area contributed by atoms with Crippen molar-refractivity contribution < 1.29 is 23.9 Å². The van der Waals surface area contributed by atoms with E-state index in [-0.39, 0.29) is 5.91 Å². The number of amides is 3. The van der Waals surface area contributed by atoms with Crippen LogP contribution in [0.2, 0.25) is 0 Å². The first-order chi connectivity index (χ1) is 13.4. The third kappa shape index (κ3) is 4.30. The summed E-state index contributed by atoms with van der Waals surface area (Å²) >= 11 is 1.37. The lowest BCUT2D eigenvalue weighted by Crippen LogP contribution is -2.35. The molecule has 2 heterocycles. The molecule has 0 unspecified atom stereocenters. The van der Waals surface area contributed by atoms with Gasteiger partial charge in [0.05, 0.1) is 5.56 Å². The Labute approximate surface area is 165 Å². The average molecular weight is 403 g/mol. The lowest BCUT2D eigenvalue weighted by Gasteiger charge is -2.12. The van der Waals surface area contributed by atoms with Gasteiger partial charge in [-0.25, -0.2) is 4.79 Å². The maximum atomic E-state index is 12.6. The molecule has 1 aliphatic carbocycles. The second-order valence-corrected chi connectivity index (χ2v) is 7.66. The molecule has 0 radical (unpaired) electrons. The molecular formula is C19H21N3O5S. The second-order valence-electron chi connectivity index (χ2n) is 6.55. The Morgan fingerprint density at radius 1 is 1.21 bits per heavy atom. The van der Waals surface area contributed by atoms with Gasteiger partial charge in [-0.2, -0.15) is 0 Å². The third-order valence-corrected chi connectivity index (χ3v) is 5.64. The van der Waals surface area contributed by atoms with Crippen LogP contribution in [0.3, 0.4) is 0 Å². The Morgan fingerprint density at radius 3 is 2.64 bits per heavy atom. The van der Waals surface area contributed by atoms with Crippen LogP contribution >= 0.6 is 11.3 Å². The van der Waals surface area contributed by atoms with Gasteiger partial charge in [0, 0.05) is 25.0 Å². The number of nitrogens with one attached hydrogen (secondary N) is 2. The van der Waals surface area contributed by atoms with Crippen LogP contribution in [0, 0.1) is 0 Å². The van der Waals surface area contributed by atoms with E-state index in [4.69, 9.17) is 4.74 Å². The molecule has 8 nitrogen and oxygen atoms in total. The van der Waals surface area contributed by atoms with Gasteiger partial charge in [0.25, 0.3) is 11.8 Å². The number of thiophene rings is 1. The number of carbonyl (C=O) groups excluding carboxylic acids is 4. The molecule has 3 amide bonds. The number of hydrogen-bond acceptors (Lipinski definition) is 6. The zero-order chi connectivity index (χ0) is 20.3. The van der Waals surface area contributed by atoms with Crippen molar-refractivity contribution in [3.8, 4) is 0 Å². The minimum absolute atomic E-state index is 0.279. The molecule has 2 N–H and O–H groups in total. The SMILES string of the molecule is CC(=O)Nc1sc2c(c1C(=O)OCC(=O)NC(=O)c1cccn1C)CCCC2. The first kappa shape index (κ1) is 19.8. The molecular weight excluding hydrogens is 382 g/mol. The average Bonchev–Trinajstić information content (AvgIpc) is 3.22. The summed E-state index contributed by atoms with van der Waals surface area (Å²) in [6.07, 6.45) is 5.25. The highest BCUT2D eigenvalue weighted by Gasteiger charge is 2.27. The normalized spacial score (nSPS) is 12.8. The second kappa shape index (κ2) is 8.39. The Balaban J connectivity index is 1.67. The van der Waals surface area contributed by atoms with Crippen molar-refractivity contribution >= 4 is 40.0 Å². The van der Waals surface area contributed by atoms with Crippen molar-refractivity contribution in [3.05, 3.63) is 40.0 Å². The zero-order valence-electron chi connectivity index (χ0n) is 15.7. The van der Waals surface area contributed by atoms with Gasteiger partial charge >= 0.3 is 5.97 Å². The number of aryl methyl sites for hydroxylation is 2. The van der Waals surface area contributed by atoms with Crippen molar-refractivity contribution in [2.45, 2.75) is 32.6 Å². The van der Waals surface area contributed by atoms with Crippen LogP contribution in [0.4, 0.5) is 5.00 Å². The van der Waals surface area contributed by atoms with E-state index in [1.54, 1.807) is 29.9 Å². The fourth-order valence-corrected chi connectivity index (χ4v) is 4.48. The van der Waals surface area contributed by atoms with Gasteiger partial charge in [-0.1, -0.05) is 0 Å². The summed E-state index contributed by atoms with van der Waals surface area (Å²) in [6, 6.07) is 3.26. The van der Waals surface area contributed by atoms with Crippen molar-refractivity contribution in [1.82, 2.24) is 9.88 Å². The Bertz CT molecular complexity index is 944. The molecule has 1 aliphatic rings. The Hall–Kier alpha value is -2.94. The Kier molecular flexibility index (Phi) is 5.93. The van der Waals surface area contributed by atoms with Gasteiger partial charge in [-0.05, 0) is 43.4 Å². The van der Waals surface area contributed by atoms with Crippen LogP contribution in [0.5, 0.6) is 0 Å². The van der Waals surface area contributed by atoms with E-state index in [0.717, 1.165) is 36.1 Å². The van der Waals surface area contributed by atoms with Gasteiger partial charge in [-0.15, -0.1) is 11.3 Å². The summed E-state index contributed by atoms with van der Waals surface area (Å²) in [5.74, 6) is -2.24. The van der Waals surface area contributed by atoms with E-state index in [2.05, 4.69) is 10.6 Å². The van der Waals surface area contributed by atoms with Crippen LogP contribution in [-0.2, 0) is 34.2 Å². The number of ether oxygens (including phenoxy) is 1. The highest BCUT2D eigenvalue weighted by molar-refractivity contribution is 7.17. The lowest BCUT2D eigenvalue weighted by atomic mass is 9.95. The molecule has 28 heavy (non-hydrogen) atoms. The van der Waals surface area contributed by atoms with Crippen LogP contribution in [0.15, 0.2) is 18.3 Å². The molecule has 0 saturated carbocycles. The number of imide groups is 1. The van der Waals surface area contributed by atoms with E-state index < -0.39 is 24.4 Å². The number of rotatable bonds is 5. The number of carbonyl (C=O) groups is 4. The summed E-state index contributed by atoms with van der Waals surface area (Å²) in [6.45, 7) is 0.787. The summed E-state index contributed by atoms with van der Waals surface area (Å²) in [7, 11) is 1.68. The molecule has 148 valence electrons. The molecule has 3 rings (SSSR count). The summed E-state index contributed by atoms with van der Waals surface area (Å²) in [5.41, 5.74) is 1.52. The highest BCUT2D eigenvalue weighted by Crippen LogP contribution is 2.38. The molecule has 2 aromatic heterocycles. The number of nitrogens with zero attached hydrogens (tertiary/aromatic N) is 1. The molecule has 0 aliphatic heterocycles. The first-order valence-corrected chi connectivity index (χ1v) is 9.73. The summed E-state index contributed by atoms with van der Waals surface area (Å²) in [4.78, 5) is 49.2. The first-order valence-electron chi connectivity index (χ1n) is 8.91. The van der Waals surface area contributed by atoms with Gasteiger partial charge in [0.2, 0.25) is 5.91 Å². The maximum absolute atomic E-state index is 12.6. The largest absolute Gasteiger partial charge is 0.452 e. The summed E-state index contributed by atoms with van der Waals surface area (Å²) in [5, 5.41) is 5.32. The molecule has 0 bridgehead atoms. The molecule has 0 fully saturated rings. The number of anilines is 1. The van der Waals surface area contributed by atoms with E-state index in [1.807, 2.05) is 0 Å². The Morgan fingerprint density at radius 2 is 1.96 bits per heavy atom. The van der Waals surface area contributed by atoms with E-state index in [0.29, 0.717) is 16.3 Å². The predicted octanol–water partition coefficient (Wildman–Crippen LogP) is 2.04. The lowest BCUT2D eigenvalue weighted by molar-refractivity contribution is -0.123. The number of fused-ring (bicyclic) bond motifs is 1. The van der Waals surface area contributed by atoms with Crippen molar-refractivity contribution in [1.29, 1.82) is 0 Å². The monoisotopic (exact) mass is 403 g/mol. The maximum Gasteiger partial charge on any atom is 0.341 e. The predicted molar refractivity (Wildman–Crippen MR) is 103 cm³/mol. The van der Waals surface area contributed by atoms with Gasteiger partial charge in [-0.3, -0.25) is 19.7 Å². The minimum atomic E-state index is -0.718. The van der Waals surface area contributed by atoms with Gasteiger partial charge in [0.1, 0.15) is 10.7 Å². The van der Waals surface area contributed by atoms with Crippen LogP contribution < -0.4 is 10.6 Å². The van der Waals surface area contributed by atoms with Crippen molar-refractivity contribution in [2.75, 3.05) is 11.9 Å². The van der Waals surface area contributed by atoms with E-state index >= 15 is 0 Å². The number of aromatic nitrogens is 1. The fraction of sp³-hybridized carbons (Fsp3) is 0.368. The van der Waals surface area contributed by atoms with Crippen LogP contribution in [0.25, 0.3) is 0 Å². The number of esters is 1.